The molecule has 1 amide bonds. The summed E-state index contributed by atoms with van der Waals surface area (Å²) in [6, 6.07) is 17.0. The summed E-state index contributed by atoms with van der Waals surface area (Å²) >= 11 is 0. The molecule has 0 saturated carbocycles. The Morgan fingerprint density at radius 1 is 1.00 bits per heavy atom. The van der Waals surface area contributed by atoms with E-state index in [1.54, 1.807) is 24.3 Å². The van der Waals surface area contributed by atoms with E-state index in [-0.39, 0.29) is 12.5 Å². The van der Waals surface area contributed by atoms with Crippen molar-refractivity contribution < 1.29 is 13.2 Å². The van der Waals surface area contributed by atoms with Crippen molar-refractivity contribution in [3.05, 3.63) is 82.7 Å². The number of aryl methyl sites for hydroxylation is 1. The molecule has 3 aromatic rings. The molecule has 1 aromatic heterocycles. The van der Waals surface area contributed by atoms with Crippen molar-refractivity contribution >= 4 is 21.6 Å². The van der Waals surface area contributed by atoms with Crippen LogP contribution in [-0.4, -0.2) is 30.4 Å². The number of hydrogen-bond donors (Lipinski definition) is 2. The van der Waals surface area contributed by atoms with Gasteiger partial charge in [0.2, 0.25) is 10.0 Å². The lowest BCUT2D eigenvalue weighted by Gasteiger charge is -2.08. The molecule has 152 valence electrons. The van der Waals surface area contributed by atoms with Gasteiger partial charge in [0.15, 0.2) is 0 Å². The molecule has 2 aromatic carbocycles. The number of carbonyl (C=O) groups excluding carboxylic acids is 1. The highest BCUT2D eigenvalue weighted by molar-refractivity contribution is 7.88. The fraction of sp³-hybridized carbons (Fsp3) is 0.238. The molecule has 0 unspecified atom stereocenters. The van der Waals surface area contributed by atoms with Gasteiger partial charge >= 0.3 is 0 Å². The van der Waals surface area contributed by atoms with Crippen LogP contribution in [0.3, 0.4) is 0 Å². The minimum atomic E-state index is -3.25. The second-order valence-electron chi connectivity index (χ2n) is 6.93. The predicted molar refractivity (Wildman–Crippen MR) is 113 cm³/mol. The van der Waals surface area contributed by atoms with Crippen molar-refractivity contribution in [2.24, 2.45) is 0 Å². The third kappa shape index (κ3) is 5.52. The Bertz CT molecular complexity index is 1100. The molecule has 0 atom stereocenters. The number of rotatable bonds is 7. The van der Waals surface area contributed by atoms with Crippen LogP contribution in [0, 0.1) is 13.8 Å². The van der Waals surface area contributed by atoms with E-state index in [0.29, 0.717) is 23.5 Å². The average molecular weight is 413 g/mol. The lowest BCUT2D eigenvalue weighted by atomic mass is 10.1. The number of benzene rings is 2. The smallest absolute Gasteiger partial charge is 0.259 e. The number of amides is 1. The Labute approximate surface area is 170 Å². The number of nitrogens with one attached hydrogen (secondary N) is 2. The minimum absolute atomic E-state index is 0.206. The molecule has 0 aliphatic rings. The molecule has 7 nitrogen and oxygen atoms in total. The number of nitrogens with zero attached hydrogens (tertiary/aromatic N) is 2. The van der Waals surface area contributed by atoms with Crippen LogP contribution in [0.25, 0.3) is 0 Å². The Balaban J connectivity index is 1.71. The fourth-order valence-corrected chi connectivity index (χ4v) is 3.48. The first-order valence-corrected chi connectivity index (χ1v) is 11.0. The van der Waals surface area contributed by atoms with Gasteiger partial charge in [-0.3, -0.25) is 9.48 Å². The van der Waals surface area contributed by atoms with Gasteiger partial charge < -0.3 is 5.32 Å². The average Bonchev–Trinajstić information content (AvgIpc) is 2.94. The highest BCUT2D eigenvalue weighted by Gasteiger charge is 2.19. The predicted octanol–water partition coefficient (Wildman–Crippen LogP) is 2.85. The maximum atomic E-state index is 12.8. The Hall–Kier alpha value is -2.97. The van der Waals surface area contributed by atoms with Crippen molar-refractivity contribution in [2.75, 3.05) is 11.6 Å². The molecule has 0 aliphatic heterocycles. The quantitative estimate of drug-likeness (QED) is 0.624. The molecule has 0 aliphatic carbocycles. The van der Waals surface area contributed by atoms with E-state index in [1.807, 2.05) is 48.9 Å². The van der Waals surface area contributed by atoms with Gasteiger partial charge in [0.05, 0.1) is 24.1 Å². The number of sulfonamides is 1. The maximum Gasteiger partial charge on any atom is 0.259 e. The molecule has 8 heteroatoms. The van der Waals surface area contributed by atoms with Crippen LogP contribution in [0.5, 0.6) is 0 Å². The summed E-state index contributed by atoms with van der Waals surface area (Å²) in [7, 11) is -3.25. The maximum absolute atomic E-state index is 12.8. The van der Waals surface area contributed by atoms with Crippen LogP contribution >= 0.6 is 0 Å². The van der Waals surface area contributed by atoms with Crippen LogP contribution < -0.4 is 10.0 Å². The summed E-state index contributed by atoms with van der Waals surface area (Å²) < 4.78 is 26.6. The second-order valence-corrected chi connectivity index (χ2v) is 8.77. The van der Waals surface area contributed by atoms with Crippen molar-refractivity contribution in [3.8, 4) is 0 Å². The molecule has 0 radical (unpaired) electrons. The molecular formula is C21H24N4O3S. The number of anilines is 1. The Kier molecular flexibility index (Phi) is 6.14. The molecule has 0 fully saturated rings. The zero-order chi connectivity index (χ0) is 21.0. The number of aromatic nitrogens is 2. The minimum Gasteiger partial charge on any atom is -0.322 e. The Morgan fingerprint density at radius 3 is 2.28 bits per heavy atom. The summed E-state index contributed by atoms with van der Waals surface area (Å²) in [6.07, 6.45) is 1.12. The molecule has 0 bridgehead atoms. The van der Waals surface area contributed by atoms with Gasteiger partial charge in [0.1, 0.15) is 0 Å². The van der Waals surface area contributed by atoms with Crippen LogP contribution in [0.4, 0.5) is 5.69 Å². The van der Waals surface area contributed by atoms with Gasteiger partial charge in [-0.25, -0.2) is 13.1 Å². The van der Waals surface area contributed by atoms with E-state index in [1.165, 1.54) is 0 Å². The third-order valence-corrected chi connectivity index (χ3v) is 5.20. The van der Waals surface area contributed by atoms with Crippen molar-refractivity contribution in [1.82, 2.24) is 14.5 Å². The summed E-state index contributed by atoms with van der Waals surface area (Å²) in [5.41, 5.74) is 4.58. The van der Waals surface area contributed by atoms with E-state index in [9.17, 15) is 13.2 Å². The lowest BCUT2D eigenvalue weighted by molar-refractivity contribution is 0.102. The first-order valence-electron chi connectivity index (χ1n) is 9.16. The first kappa shape index (κ1) is 20.8. The molecule has 3 rings (SSSR count). The molecule has 2 N–H and O–H groups in total. The van der Waals surface area contributed by atoms with E-state index in [0.717, 1.165) is 23.1 Å². The van der Waals surface area contributed by atoms with Crippen LogP contribution in [-0.2, 0) is 23.1 Å². The van der Waals surface area contributed by atoms with Crippen molar-refractivity contribution in [2.45, 2.75) is 26.9 Å². The fourth-order valence-electron chi connectivity index (χ4n) is 3.05. The van der Waals surface area contributed by atoms with E-state index in [2.05, 4.69) is 15.1 Å². The van der Waals surface area contributed by atoms with Crippen molar-refractivity contribution in [3.63, 3.8) is 0 Å². The number of carbonyl (C=O) groups is 1. The monoisotopic (exact) mass is 412 g/mol. The van der Waals surface area contributed by atoms with Gasteiger partial charge in [-0.15, -0.1) is 0 Å². The highest BCUT2D eigenvalue weighted by Crippen LogP contribution is 2.18. The van der Waals surface area contributed by atoms with Gasteiger partial charge in [-0.2, -0.15) is 5.10 Å². The zero-order valence-corrected chi connectivity index (χ0v) is 17.5. The largest absolute Gasteiger partial charge is 0.322 e. The summed E-state index contributed by atoms with van der Waals surface area (Å²) in [5, 5.41) is 7.41. The summed E-state index contributed by atoms with van der Waals surface area (Å²) in [4.78, 5) is 12.8. The van der Waals surface area contributed by atoms with Crippen LogP contribution in [0.15, 0.2) is 54.6 Å². The normalized spacial score (nSPS) is 11.4. The van der Waals surface area contributed by atoms with E-state index >= 15 is 0 Å². The van der Waals surface area contributed by atoms with E-state index < -0.39 is 10.0 Å². The highest BCUT2D eigenvalue weighted by atomic mass is 32.2. The van der Waals surface area contributed by atoms with Gasteiger partial charge in [-0.05, 0) is 37.1 Å². The standard InChI is InChI=1S/C21H24N4O3S/c1-15-20(16(2)25(24-15)14-18-7-5-4-6-8-18)21(26)23-19-11-9-17(10-12-19)13-22-29(3,27)28/h4-12,22H,13-14H2,1-3H3,(H,23,26). The van der Waals surface area contributed by atoms with Gasteiger partial charge in [-0.1, -0.05) is 42.5 Å². The second kappa shape index (κ2) is 8.59. The Morgan fingerprint density at radius 2 is 1.66 bits per heavy atom. The van der Waals surface area contributed by atoms with Gasteiger partial charge in [0, 0.05) is 17.9 Å². The lowest BCUT2D eigenvalue weighted by Crippen LogP contribution is -2.21. The summed E-state index contributed by atoms with van der Waals surface area (Å²) in [5.74, 6) is -0.221. The summed E-state index contributed by atoms with van der Waals surface area (Å²) in [6.45, 7) is 4.52. The van der Waals surface area contributed by atoms with Crippen molar-refractivity contribution in [1.29, 1.82) is 0 Å². The SMILES string of the molecule is Cc1nn(Cc2ccccc2)c(C)c1C(=O)Nc1ccc(CNS(C)(=O)=O)cc1. The molecular weight excluding hydrogens is 388 g/mol. The van der Waals surface area contributed by atoms with Gasteiger partial charge in [0.25, 0.3) is 5.91 Å². The van der Waals surface area contributed by atoms with Crippen LogP contribution in [0.2, 0.25) is 0 Å². The number of hydrogen-bond acceptors (Lipinski definition) is 4. The molecule has 29 heavy (non-hydrogen) atoms. The topological polar surface area (TPSA) is 93.1 Å². The van der Waals surface area contributed by atoms with Crippen LogP contribution in [0.1, 0.15) is 32.9 Å². The first-order chi connectivity index (χ1) is 13.7. The zero-order valence-electron chi connectivity index (χ0n) is 16.6. The molecule has 0 saturated heterocycles. The molecule has 1 heterocycles. The van der Waals surface area contributed by atoms with E-state index in [4.69, 9.17) is 0 Å². The third-order valence-electron chi connectivity index (χ3n) is 4.53. The molecule has 0 spiro atoms.